The lowest BCUT2D eigenvalue weighted by atomic mass is 10.0. The summed E-state index contributed by atoms with van der Waals surface area (Å²) in [4.78, 5) is 2.21. The normalized spacial score (nSPS) is 19.9. The van der Waals surface area contributed by atoms with Crippen LogP contribution >= 0.6 is 0 Å². The van der Waals surface area contributed by atoms with Crippen molar-refractivity contribution in [1.82, 2.24) is 4.90 Å². The van der Waals surface area contributed by atoms with Crippen molar-refractivity contribution in [3.63, 3.8) is 0 Å². The predicted molar refractivity (Wildman–Crippen MR) is 57.7 cm³/mol. The van der Waals surface area contributed by atoms with Gasteiger partial charge in [0.1, 0.15) is 11.5 Å². The molecule has 0 aliphatic carbocycles. The lowest BCUT2D eigenvalue weighted by molar-refractivity contribution is 0.103. The maximum Gasteiger partial charge on any atom is 0.119 e. The van der Waals surface area contributed by atoms with Crippen LogP contribution in [0.1, 0.15) is 18.5 Å². The smallest absolute Gasteiger partial charge is 0.119 e. The summed E-state index contributed by atoms with van der Waals surface area (Å²) in [5.41, 5.74) is 6.62. The average Bonchev–Trinajstić information content (AvgIpc) is 2.10. The topological polar surface area (TPSA) is 69.7 Å². The number of aromatic hydroxyl groups is 2. The van der Waals surface area contributed by atoms with Gasteiger partial charge >= 0.3 is 0 Å². The molecule has 0 aromatic heterocycles. The fraction of sp³-hybridized carbons (Fsp3) is 0.455. The molecule has 2 rings (SSSR count). The van der Waals surface area contributed by atoms with E-state index in [9.17, 15) is 10.2 Å². The second-order valence-electron chi connectivity index (χ2n) is 4.17. The summed E-state index contributed by atoms with van der Waals surface area (Å²) in [6.07, 6.45) is 0. The Kier molecular flexibility index (Phi) is 2.54. The molecule has 4 heteroatoms. The lowest BCUT2D eigenvalue weighted by Crippen LogP contribution is -2.56. The van der Waals surface area contributed by atoms with Gasteiger partial charge in [0, 0.05) is 31.2 Å². The number of nitrogens with zero attached hydrogens (tertiary/aromatic N) is 1. The second-order valence-corrected chi connectivity index (χ2v) is 4.17. The molecule has 1 unspecified atom stereocenters. The van der Waals surface area contributed by atoms with Gasteiger partial charge in [-0.3, -0.25) is 4.90 Å². The maximum absolute atomic E-state index is 9.36. The fourth-order valence-corrected chi connectivity index (χ4v) is 1.94. The van der Waals surface area contributed by atoms with Gasteiger partial charge in [-0.2, -0.15) is 0 Å². The first kappa shape index (κ1) is 10.3. The SMILES string of the molecule is CC(c1cc(O)cc(O)c1)N1CC(N)C1. The predicted octanol–water partition coefficient (Wildman–Crippen LogP) is 0.802. The monoisotopic (exact) mass is 208 g/mol. The molecule has 0 bridgehead atoms. The molecule has 0 saturated carbocycles. The molecule has 82 valence electrons. The number of likely N-dealkylation sites (tertiary alicyclic amines) is 1. The third-order valence-electron chi connectivity index (χ3n) is 2.89. The van der Waals surface area contributed by atoms with E-state index in [4.69, 9.17) is 5.73 Å². The molecule has 1 aliphatic rings. The Hall–Kier alpha value is -1.26. The van der Waals surface area contributed by atoms with Crippen LogP contribution in [0.3, 0.4) is 0 Å². The molecule has 1 aromatic rings. The molecule has 0 amide bonds. The minimum absolute atomic E-state index is 0.0988. The van der Waals surface area contributed by atoms with Crippen molar-refractivity contribution in [2.24, 2.45) is 5.73 Å². The van der Waals surface area contributed by atoms with E-state index in [-0.39, 0.29) is 23.6 Å². The number of nitrogens with two attached hydrogens (primary N) is 1. The highest BCUT2D eigenvalue weighted by Gasteiger charge is 2.28. The Morgan fingerprint density at radius 3 is 2.27 bits per heavy atom. The summed E-state index contributed by atoms with van der Waals surface area (Å²) < 4.78 is 0. The van der Waals surface area contributed by atoms with Gasteiger partial charge in [-0.1, -0.05) is 0 Å². The average molecular weight is 208 g/mol. The molecule has 4 nitrogen and oxygen atoms in total. The van der Waals surface area contributed by atoms with E-state index >= 15 is 0 Å². The molecule has 1 aromatic carbocycles. The summed E-state index contributed by atoms with van der Waals surface area (Å²) in [5.74, 6) is 0.198. The number of phenolic OH excluding ortho intramolecular Hbond substituents is 2. The van der Waals surface area contributed by atoms with Crippen LogP contribution in [0.4, 0.5) is 0 Å². The van der Waals surface area contributed by atoms with Gasteiger partial charge in [0.15, 0.2) is 0 Å². The summed E-state index contributed by atoms with van der Waals surface area (Å²) in [5, 5.41) is 18.7. The highest BCUT2D eigenvalue weighted by atomic mass is 16.3. The molecule has 1 heterocycles. The van der Waals surface area contributed by atoms with Crippen molar-refractivity contribution < 1.29 is 10.2 Å². The molecule has 1 fully saturated rings. The van der Waals surface area contributed by atoms with E-state index in [0.29, 0.717) is 0 Å². The number of rotatable bonds is 2. The van der Waals surface area contributed by atoms with Crippen LogP contribution in [0.5, 0.6) is 11.5 Å². The van der Waals surface area contributed by atoms with Crippen LogP contribution in [-0.4, -0.2) is 34.2 Å². The first-order valence-corrected chi connectivity index (χ1v) is 5.09. The molecule has 1 saturated heterocycles. The van der Waals surface area contributed by atoms with Crippen molar-refractivity contribution in [2.75, 3.05) is 13.1 Å². The molecular weight excluding hydrogens is 192 g/mol. The van der Waals surface area contributed by atoms with Gasteiger partial charge in [0.25, 0.3) is 0 Å². The zero-order chi connectivity index (χ0) is 11.0. The maximum atomic E-state index is 9.36. The number of hydrogen-bond acceptors (Lipinski definition) is 4. The number of benzene rings is 1. The van der Waals surface area contributed by atoms with Gasteiger partial charge in [-0.05, 0) is 24.6 Å². The molecule has 4 N–H and O–H groups in total. The summed E-state index contributed by atoms with van der Waals surface area (Å²) in [6, 6.07) is 5.13. The summed E-state index contributed by atoms with van der Waals surface area (Å²) >= 11 is 0. The van der Waals surface area contributed by atoms with Crippen LogP contribution in [0.15, 0.2) is 18.2 Å². The third kappa shape index (κ3) is 2.06. The molecule has 0 spiro atoms. The third-order valence-corrected chi connectivity index (χ3v) is 2.89. The van der Waals surface area contributed by atoms with Gasteiger partial charge < -0.3 is 15.9 Å². The van der Waals surface area contributed by atoms with Gasteiger partial charge in [-0.25, -0.2) is 0 Å². The van der Waals surface area contributed by atoms with Crippen molar-refractivity contribution in [3.05, 3.63) is 23.8 Å². The Bertz CT molecular complexity index is 341. The molecule has 0 radical (unpaired) electrons. The van der Waals surface area contributed by atoms with Crippen molar-refractivity contribution in [1.29, 1.82) is 0 Å². The van der Waals surface area contributed by atoms with Gasteiger partial charge in [0.2, 0.25) is 0 Å². The Balaban J connectivity index is 2.14. The van der Waals surface area contributed by atoms with Crippen LogP contribution in [0.25, 0.3) is 0 Å². The van der Waals surface area contributed by atoms with Gasteiger partial charge in [0.05, 0.1) is 0 Å². The van der Waals surface area contributed by atoms with Crippen LogP contribution < -0.4 is 5.73 Å². The van der Waals surface area contributed by atoms with E-state index in [1.165, 1.54) is 6.07 Å². The zero-order valence-corrected chi connectivity index (χ0v) is 8.72. The van der Waals surface area contributed by atoms with Crippen molar-refractivity contribution in [3.8, 4) is 11.5 Å². The first-order valence-electron chi connectivity index (χ1n) is 5.09. The summed E-state index contributed by atoms with van der Waals surface area (Å²) in [6.45, 7) is 3.79. The van der Waals surface area contributed by atoms with Crippen LogP contribution in [-0.2, 0) is 0 Å². The fourth-order valence-electron chi connectivity index (χ4n) is 1.94. The van der Waals surface area contributed by atoms with E-state index < -0.39 is 0 Å². The van der Waals surface area contributed by atoms with Crippen molar-refractivity contribution >= 4 is 0 Å². The first-order chi connectivity index (χ1) is 7.06. The summed E-state index contributed by atoms with van der Waals surface area (Å²) in [7, 11) is 0. The standard InChI is InChI=1S/C11H16N2O2/c1-7(13-5-9(12)6-13)8-2-10(14)4-11(15)3-8/h2-4,7,9,14-15H,5-6,12H2,1H3. The van der Waals surface area contributed by atoms with Crippen LogP contribution in [0, 0.1) is 0 Å². The highest BCUT2D eigenvalue weighted by Crippen LogP contribution is 2.30. The Labute approximate surface area is 88.9 Å². The Morgan fingerprint density at radius 2 is 1.80 bits per heavy atom. The Morgan fingerprint density at radius 1 is 1.27 bits per heavy atom. The highest BCUT2D eigenvalue weighted by molar-refractivity contribution is 5.38. The van der Waals surface area contributed by atoms with Gasteiger partial charge in [-0.15, -0.1) is 0 Å². The second kappa shape index (κ2) is 3.72. The zero-order valence-electron chi connectivity index (χ0n) is 8.72. The van der Waals surface area contributed by atoms with E-state index in [0.717, 1.165) is 18.7 Å². The van der Waals surface area contributed by atoms with Crippen LogP contribution in [0.2, 0.25) is 0 Å². The molecule has 1 atom stereocenters. The van der Waals surface area contributed by atoms with Crippen molar-refractivity contribution in [2.45, 2.75) is 19.0 Å². The number of hydrogen-bond donors (Lipinski definition) is 3. The largest absolute Gasteiger partial charge is 0.508 e. The minimum Gasteiger partial charge on any atom is -0.508 e. The van der Waals surface area contributed by atoms with E-state index in [1.807, 2.05) is 6.92 Å². The van der Waals surface area contributed by atoms with E-state index in [2.05, 4.69) is 4.90 Å². The van der Waals surface area contributed by atoms with E-state index in [1.54, 1.807) is 12.1 Å². The molecule has 15 heavy (non-hydrogen) atoms. The molecule has 1 aliphatic heterocycles. The lowest BCUT2D eigenvalue weighted by Gasteiger charge is -2.41. The molecular formula is C11H16N2O2. The minimum atomic E-state index is 0.0988. The number of phenols is 2. The quantitative estimate of drug-likeness (QED) is 0.672.